The maximum Gasteiger partial charge on any atom is 0.144 e. The quantitative estimate of drug-likeness (QED) is 0.756. The van der Waals surface area contributed by atoms with Crippen LogP contribution in [0.5, 0.6) is 0 Å². The molecule has 1 aromatic rings. The van der Waals surface area contributed by atoms with E-state index in [1.54, 1.807) is 7.11 Å². The number of ether oxygens (including phenoxy) is 1. The number of terminal acetylenes is 1. The first-order valence-electron chi connectivity index (χ1n) is 10.5. The van der Waals surface area contributed by atoms with Crippen molar-refractivity contribution in [3.05, 3.63) is 17.8 Å². The van der Waals surface area contributed by atoms with Crippen LogP contribution < -0.4 is 15.1 Å². The van der Waals surface area contributed by atoms with Crippen LogP contribution in [-0.4, -0.2) is 82.5 Å². The van der Waals surface area contributed by atoms with Gasteiger partial charge in [-0.1, -0.05) is 13.8 Å². The highest BCUT2D eigenvalue weighted by atomic mass is 16.5. The number of anilines is 2. The predicted molar refractivity (Wildman–Crippen MR) is 120 cm³/mol. The van der Waals surface area contributed by atoms with Gasteiger partial charge in [0, 0.05) is 71.2 Å². The summed E-state index contributed by atoms with van der Waals surface area (Å²) in [5.74, 6) is 0.932. The molecular formula is C22H36N6O. The van der Waals surface area contributed by atoms with Crippen molar-refractivity contribution in [2.75, 3.05) is 82.4 Å². The lowest BCUT2D eigenvalue weighted by Crippen LogP contribution is -2.43. The standard InChI is InChI=1S/C18H28N6O.C2H6.C2H2/c1-25-12-11-22-5-2-6-24(10-9-22)18-14-17(13-16(15-19)21-18)23-7-3-20-4-8-23;2*1-2/h13-14,20H,2-12H2,1H3;1-2H3;1-2H. The van der Waals surface area contributed by atoms with Gasteiger partial charge < -0.3 is 19.9 Å². The number of aromatic nitrogens is 1. The molecule has 7 heteroatoms. The largest absolute Gasteiger partial charge is 0.383 e. The number of pyridine rings is 1. The first kappa shape index (κ1) is 24.7. The monoisotopic (exact) mass is 400 g/mol. The Labute approximate surface area is 176 Å². The average molecular weight is 401 g/mol. The molecule has 2 fully saturated rings. The van der Waals surface area contributed by atoms with E-state index in [-0.39, 0.29) is 0 Å². The van der Waals surface area contributed by atoms with E-state index in [9.17, 15) is 5.26 Å². The maximum absolute atomic E-state index is 9.39. The van der Waals surface area contributed by atoms with Crippen molar-refractivity contribution in [3.8, 4) is 18.9 Å². The molecule has 0 bridgehead atoms. The van der Waals surface area contributed by atoms with Crippen LogP contribution in [0.4, 0.5) is 11.5 Å². The molecule has 7 nitrogen and oxygen atoms in total. The van der Waals surface area contributed by atoms with Crippen LogP contribution in [0.3, 0.4) is 0 Å². The van der Waals surface area contributed by atoms with Crippen molar-refractivity contribution < 1.29 is 4.74 Å². The second-order valence-electron chi connectivity index (χ2n) is 6.59. The van der Waals surface area contributed by atoms with E-state index in [4.69, 9.17) is 4.74 Å². The zero-order valence-corrected chi connectivity index (χ0v) is 18.2. The summed E-state index contributed by atoms with van der Waals surface area (Å²) in [5, 5.41) is 12.8. The SMILES string of the molecule is C#C.CC.COCCN1CCCN(c2cc(N3CCNCC3)cc(C#N)n2)CC1. The summed E-state index contributed by atoms with van der Waals surface area (Å²) in [6.45, 7) is 13.7. The summed E-state index contributed by atoms with van der Waals surface area (Å²) < 4.78 is 5.20. The fourth-order valence-electron chi connectivity index (χ4n) is 3.47. The lowest BCUT2D eigenvalue weighted by molar-refractivity contribution is 0.152. The highest BCUT2D eigenvalue weighted by Crippen LogP contribution is 2.23. The molecule has 0 aromatic carbocycles. The number of nitrogens with zero attached hydrogens (tertiary/aromatic N) is 5. The summed E-state index contributed by atoms with van der Waals surface area (Å²) in [7, 11) is 1.75. The Kier molecular flexibility index (Phi) is 12.5. The minimum absolute atomic E-state index is 0.506. The molecule has 160 valence electrons. The Morgan fingerprint density at radius 1 is 1.07 bits per heavy atom. The first-order valence-corrected chi connectivity index (χ1v) is 10.5. The maximum atomic E-state index is 9.39. The lowest BCUT2D eigenvalue weighted by atomic mass is 10.2. The topological polar surface area (TPSA) is 67.7 Å². The second-order valence-corrected chi connectivity index (χ2v) is 6.59. The van der Waals surface area contributed by atoms with Crippen LogP contribution in [-0.2, 0) is 4.74 Å². The van der Waals surface area contributed by atoms with Gasteiger partial charge in [-0.15, -0.1) is 12.8 Å². The van der Waals surface area contributed by atoms with E-state index in [0.29, 0.717) is 5.69 Å². The fourth-order valence-corrected chi connectivity index (χ4v) is 3.47. The molecule has 29 heavy (non-hydrogen) atoms. The van der Waals surface area contributed by atoms with Gasteiger partial charge >= 0.3 is 0 Å². The molecule has 0 atom stereocenters. The normalized spacial score (nSPS) is 17.1. The molecule has 0 saturated carbocycles. The second kappa shape index (κ2) is 14.6. The Morgan fingerprint density at radius 3 is 2.45 bits per heavy atom. The van der Waals surface area contributed by atoms with Gasteiger partial charge in [0.2, 0.25) is 0 Å². The lowest BCUT2D eigenvalue weighted by Gasteiger charge is -2.31. The smallest absolute Gasteiger partial charge is 0.144 e. The summed E-state index contributed by atoms with van der Waals surface area (Å²) in [6, 6.07) is 6.30. The van der Waals surface area contributed by atoms with Gasteiger partial charge in [-0.25, -0.2) is 4.98 Å². The number of piperazine rings is 1. The average Bonchev–Trinajstić information content (AvgIpc) is 3.06. The van der Waals surface area contributed by atoms with E-state index in [1.807, 2.05) is 19.9 Å². The molecule has 3 heterocycles. The van der Waals surface area contributed by atoms with Gasteiger partial charge in [0.1, 0.15) is 17.6 Å². The van der Waals surface area contributed by atoms with Crippen LogP contribution in [0, 0.1) is 24.2 Å². The minimum atomic E-state index is 0.506. The van der Waals surface area contributed by atoms with Crippen molar-refractivity contribution in [2.45, 2.75) is 20.3 Å². The van der Waals surface area contributed by atoms with Gasteiger partial charge in [0.25, 0.3) is 0 Å². The van der Waals surface area contributed by atoms with Crippen LogP contribution in [0.2, 0.25) is 0 Å². The third-order valence-electron chi connectivity index (χ3n) is 4.92. The third kappa shape index (κ3) is 7.91. The molecule has 1 aromatic heterocycles. The van der Waals surface area contributed by atoms with Crippen LogP contribution in [0.1, 0.15) is 26.0 Å². The Hall–Kier alpha value is -2.32. The van der Waals surface area contributed by atoms with Gasteiger partial charge in [0.15, 0.2) is 0 Å². The van der Waals surface area contributed by atoms with E-state index < -0.39 is 0 Å². The van der Waals surface area contributed by atoms with Crippen molar-refractivity contribution in [3.63, 3.8) is 0 Å². The molecule has 0 spiro atoms. The Bertz CT molecular complexity index is 636. The zero-order valence-electron chi connectivity index (χ0n) is 18.2. The predicted octanol–water partition coefficient (Wildman–Crippen LogP) is 1.80. The highest BCUT2D eigenvalue weighted by molar-refractivity contribution is 5.58. The fraction of sp³-hybridized carbons (Fsp3) is 0.636. The number of hydrogen-bond donors (Lipinski definition) is 1. The van der Waals surface area contributed by atoms with Crippen molar-refractivity contribution >= 4 is 11.5 Å². The van der Waals surface area contributed by atoms with E-state index in [2.05, 4.69) is 50.0 Å². The van der Waals surface area contributed by atoms with Crippen LogP contribution >= 0.6 is 0 Å². The van der Waals surface area contributed by atoms with E-state index in [0.717, 1.165) is 83.4 Å². The molecule has 2 saturated heterocycles. The summed E-state index contributed by atoms with van der Waals surface area (Å²) in [6.07, 6.45) is 9.10. The van der Waals surface area contributed by atoms with Crippen molar-refractivity contribution in [2.24, 2.45) is 0 Å². The third-order valence-corrected chi connectivity index (χ3v) is 4.92. The summed E-state index contributed by atoms with van der Waals surface area (Å²) in [4.78, 5) is 11.7. The molecular weight excluding hydrogens is 364 g/mol. The number of methoxy groups -OCH3 is 1. The highest BCUT2D eigenvalue weighted by Gasteiger charge is 2.19. The molecule has 2 aliphatic rings. The summed E-state index contributed by atoms with van der Waals surface area (Å²) in [5.41, 5.74) is 1.62. The zero-order chi connectivity index (χ0) is 21.5. The van der Waals surface area contributed by atoms with E-state index >= 15 is 0 Å². The molecule has 3 rings (SSSR count). The molecule has 1 N–H and O–H groups in total. The van der Waals surface area contributed by atoms with Crippen LogP contribution in [0.25, 0.3) is 0 Å². The number of nitriles is 1. The number of rotatable bonds is 5. The minimum Gasteiger partial charge on any atom is -0.383 e. The molecule has 0 amide bonds. The van der Waals surface area contributed by atoms with Crippen molar-refractivity contribution in [1.82, 2.24) is 15.2 Å². The van der Waals surface area contributed by atoms with E-state index in [1.165, 1.54) is 0 Å². The van der Waals surface area contributed by atoms with Gasteiger partial charge in [-0.05, 0) is 19.0 Å². The molecule has 2 aliphatic heterocycles. The molecule has 0 aliphatic carbocycles. The Balaban J connectivity index is 0.000000989. The first-order chi connectivity index (χ1) is 14.3. The number of nitrogens with one attached hydrogen (secondary N) is 1. The van der Waals surface area contributed by atoms with Gasteiger partial charge in [0.05, 0.1) is 6.61 Å². The Morgan fingerprint density at radius 2 is 1.79 bits per heavy atom. The number of hydrogen-bond acceptors (Lipinski definition) is 7. The summed E-state index contributed by atoms with van der Waals surface area (Å²) >= 11 is 0. The van der Waals surface area contributed by atoms with Gasteiger partial charge in [-0.3, -0.25) is 4.90 Å². The molecule has 0 unspecified atom stereocenters. The van der Waals surface area contributed by atoms with Gasteiger partial charge in [-0.2, -0.15) is 5.26 Å². The van der Waals surface area contributed by atoms with Crippen LogP contribution in [0.15, 0.2) is 12.1 Å². The molecule has 0 radical (unpaired) electrons. The van der Waals surface area contributed by atoms with Crippen molar-refractivity contribution in [1.29, 1.82) is 5.26 Å².